The Bertz CT molecular complexity index is 1090. The zero-order valence-electron chi connectivity index (χ0n) is 14.0. The van der Waals surface area contributed by atoms with Crippen LogP contribution in [0.5, 0.6) is 0 Å². The third-order valence-electron chi connectivity index (χ3n) is 4.10. The molecule has 0 saturated carbocycles. The molecule has 0 aliphatic carbocycles. The van der Waals surface area contributed by atoms with E-state index in [1.54, 1.807) is 12.1 Å². The lowest BCUT2D eigenvalue weighted by Gasteiger charge is -2.12. The fraction of sp³-hybridized carbons (Fsp3) is 0.0476. The fourth-order valence-corrected chi connectivity index (χ4v) is 3.01. The summed E-state index contributed by atoms with van der Waals surface area (Å²) in [6.45, 7) is 2.06. The van der Waals surface area contributed by atoms with Crippen LogP contribution >= 0.6 is 23.2 Å². The molecule has 5 heteroatoms. The summed E-state index contributed by atoms with van der Waals surface area (Å²) in [7, 11) is 0. The molecular weight excluding hydrogens is 365 g/mol. The first-order valence-electron chi connectivity index (χ1n) is 8.16. The third kappa shape index (κ3) is 3.36. The molecule has 4 rings (SSSR count). The Kier molecular flexibility index (Phi) is 4.49. The van der Waals surface area contributed by atoms with Gasteiger partial charge in [-0.1, -0.05) is 65.2 Å². The molecule has 3 aromatic carbocycles. The molecule has 0 aliphatic heterocycles. The molecule has 1 N–H and O–H groups in total. The van der Waals surface area contributed by atoms with Crippen molar-refractivity contribution >= 4 is 45.6 Å². The highest BCUT2D eigenvalue weighted by molar-refractivity contribution is 6.42. The van der Waals surface area contributed by atoms with Crippen molar-refractivity contribution in [2.24, 2.45) is 0 Å². The summed E-state index contributed by atoms with van der Waals surface area (Å²) >= 11 is 12.1. The SMILES string of the molecule is Cc1ccc(-c2nc(Nc3ccc(Cl)c(Cl)c3)c3ccccc3n2)cc1. The molecule has 0 bridgehead atoms. The van der Waals surface area contributed by atoms with Gasteiger partial charge in [0, 0.05) is 16.6 Å². The molecule has 1 aromatic heterocycles. The topological polar surface area (TPSA) is 37.8 Å². The van der Waals surface area contributed by atoms with Crippen LogP contribution < -0.4 is 5.32 Å². The molecule has 0 saturated heterocycles. The summed E-state index contributed by atoms with van der Waals surface area (Å²) in [5, 5.41) is 5.29. The Hall–Kier alpha value is -2.62. The predicted octanol–water partition coefficient (Wildman–Crippen LogP) is 6.66. The molecule has 4 aromatic rings. The number of aryl methyl sites for hydroxylation is 1. The van der Waals surface area contributed by atoms with Crippen LogP contribution in [-0.4, -0.2) is 9.97 Å². The Balaban J connectivity index is 1.84. The average Bonchev–Trinajstić information content (AvgIpc) is 2.65. The molecule has 0 spiro atoms. The minimum atomic E-state index is 0.494. The highest BCUT2D eigenvalue weighted by Crippen LogP contribution is 2.30. The van der Waals surface area contributed by atoms with Crippen LogP contribution in [0, 0.1) is 6.92 Å². The van der Waals surface area contributed by atoms with Gasteiger partial charge >= 0.3 is 0 Å². The molecule has 0 unspecified atom stereocenters. The molecule has 3 nitrogen and oxygen atoms in total. The summed E-state index contributed by atoms with van der Waals surface area (Å²) in [5.41, 5.74) is 3.86. The maximum atomic E-state index is 6.14. The van der Waals surface area contributed by atoms with Gasteiger partial charge < -0.3 is 5.32 Å². The van der Waals surface area contributed by atoms with Crippen molar-refractivity contribution < 1.29 is 0 Å². The van der Waals surface area contributed by atoms with Crippen molar-refractivity contribution in [2.75, 3.05) is 5.32 Å². The van der Waals surface area contributed by atoms with Crippen LogP contribution in [-0.2, 0) is 0 Å². The van der Waals surface area contributed by atoms with E-state index in [0.717, 1.165) is 28.0 Å². The van der Waals surface area contributed by atoms with Gasteiger partial charge in [-0.05, 0) is 37.3 Å². The highest BCUT2D eigenvalue weighted by atomic mass is 35.5. The van der Waals surface area contributed by atoms with Gasteiger partial charge in [0.05, 0.1) is 15.6 Å². The second kappa shape index (κ2) is 6.94. The maximum Gasteiger partial charge on any atom is 0.162 e. The van der Waals surface area contributed by atoms with Crippen LogP contribution in [0.3, 0.4) is 0 Å². The Morgan fingerprint density at radius 2 is 1.58 bits per heavy atom. The smallest absolute Gasteiger partial charge is 0.162 e. The number of hydrogen-bond donors (Lipinski definition) is 1. The predicted molar refractivity (Wildman–Crippen MR) is 109 cm³/mol. The zero-order chi connectivity index (χ0) is 18.1. The molecule has 0 fully saturated rings. The first-order valence-corrected chi connectivity index (χ1v) is 8.92. The van der Waals surface area contributed by atoms with Gasteiger partial charge in [-0.2, -0.15) is 0 Å². The van der Waals surface area contributed by atoms with E-state index in [4.69, 9.17) is 33.2 Å². The fourth-order valence-electron chi connectivity index (χ4n) is 2.71. The molecule has 0 atom stereocenters. The van der Waals surface area contributed by atoms with E-state index in [2.05, 4.69) is 24.4 Å². The largest absolute Gasteiger partial charge is 0.340 e. The van der Waals surface area contributed by atoms with Crippen LogP contribution in [0.1, 0.15) is 5.56 Å². The van der Waals surface area contributed by atoms with Crippen molar-refractivity contribution in [3.63, 3.8) is 0 Å². The van der Waals surface area contributed by atoms with Crippen LogP contribution in [0.2, 0.25) is 10.0 Å². The second-order valence-corrected chi connectivity index (χ2v) is 6.85. The van der Waals surface area contributed by atoms with Crippen LogP contribution in [0.15, 0.2) is 66.7 Å². The minimum Gasteiger partial charge on any atom is -0.340 e. The summed E-state index contributed by atoms with van der Waals surface area (Å²) < 4.78 is 0. The average molecular weight is 380 g/mol. The van der Waals surface area contributed by atoms with Gasteiger partial charge in [0.15, 0.2) is 5.82 Å². The van der Waals surface area contributed by atoms with Gasteiger partial charge in [-0.3, -0.25) is 0 Å². The number of anilines is 2. The van der Waals surface area contributed by atoms with Crippen molar-refractivity contribution in [1.82, 2.24) is 9.97 Å². The Morgan fingerprint density at radius 3 is 2.35 bits per heavy atom. The number of rotatable bonds is 3. The summed E-state index contributed by atoms with van der Waals surface area (Å²) in [5.74, 6) is 1.40. The van der Waals surface area contributed by atoms with E-state index in [0.29, 0.717) is 15.9 Å². The molecule has 128 valence electrons. The van der Waals surface area contributed by atoms with Crippen molar-refractivity contribution in [2.45, 2.75) is 6.92 Å². The monoisotopic (exact) mass is 379 g/mol. The minimum absolute atomic E-state index is 0.494. The van der Waals surface area contributed by atoms with Crippen molar-refractivity contribution in [3.8, 4) is 11.4 Å². The van der Waals surface area contributed by atoms with Crippen LogP contribution in [0.4, 0.5) is 11.5 Å². The van der Waals surface area contributed by atoms with Gasteiger partial charge in [0.1, 0.15) is 5.82 Å². The number of benzene rings is 3. The lowest BCUT2D eigenvalue weighted by Crippen LogP contribution is -1.99. The Labute approximate surface area is 161 Å². The van der Waals surface area contributed by atoms with E-state index >= 15 is 0 Å². The van der Waals surface area contributed by atoms with Crippen molar-refractivity contribution in [1.29, 1.82) is 0 Å². The standard InChI is InChI=1S/C21H15Cl2N3/c1-13-6-8-14(9-7-13)20-25-19-5-3-2-4-16(19)21(26-20)24-15-10-11-17(22)18(23)12-15/h2-12H,1H3,(H,24,25,26). The van der Waals surface area contributed by atoms with Gasteiger partial charge in [-0.25, -0.2) is 9.97 Å². The lowest BCUT2D eigenvalue weighted by molar-refractivity contribution is 1.22. The zero-order valence-corrected chi connectivity index (χ0v) is 15.5. The number of hydrogen-bond acceptors (Lipinski definition) is 3. The lowest BCUT2D eigenvalue weighted by atomic mass is 10.1. The normalized spacial score (nSPS) is 10.9. The first-order chi connectivity index (χ1) is 12.6. The van der Waals surface area contributed by atoms with E-state index in [1.165, 1.54) is 5.56 Å². The quantitative estimate of drug-likeness (QED) is 0.432. The number of aromatic nitrogens is 2. The molecule has 0 amide bonds. The number of fused-ring (bicyclic) bond motifs is 1. The third-order valence-corrected chi connectivity index (χ3v) is 4.83. The molecule has 0 aliphatic rings. The second-order valence-electron chi connectivity index (χ2n) is 6.03. The highest BCUT2D eigenvalue weighted by Gasteiger charge is 2.10. The van der Waals surface area contributed by atoms with E-state index in [-0.39, 0.29) is 0 Å². The van der Waals surface area contributed by atoms with Gasteiger partial charge in [0.25, 0.3) is 0 Å². The summed E-state index contributed by atoms with van der Waals surface area (Å²) in [4.78, 5) is 9.46. The van der Waals surface area contributed by atoms with Crippen molar-refractivity contribution in [3.05, 3.63) is 82.3 Å². The van der Waals surface area contributed by atoms with Crippen LogP contribution in [0.25, 0.3) is 22.3 Å². The molecule has 26 heavy (non-hydrogen) atoms. The Morgan fingerprint density at radius 1 is 0.808 bits per heavy atom. The summed E-state index contributed by atoms with van der Waals surface area (Å²) in [6.07, 6.45) is 0. The first kappa shape index (κ1) is 16.8. The van der Waals surface area contributed by atoms with E-state index in [9.17, 15) is 0 Å². The number of nitrogens with zero attached hydrogens (tertiary/aromatic N) is 2. The number of halogens is 2. The maximum absolute atomic E-state index is 6.14. The van der Waals surface area contributed by atoms with E-state index < -0.39 is 0 Å². The number of para-hydroxylation sites is 1. The van der Waals surface area contributed by atoms with Gasteiger partial charge in [0.2, 0.25) is 0 Å². The van der Waals surface area contributed by atoms with Gasteiger partial charge in [-0.15, -0.1) is 0 Å². The molecule has 0 radical (unpaired) electrons. The molecule has 1 heterocycles. The summed E-state index contributed by atoms with van der Waals surface area (Å²) in [6, 6.07) is 21.5. The number of nitrogens with one attached hydrogen (secondary N) is 1. The van der Waals surface area contributed by atoms with E-state index in [1.807, 2.05) is 42.5 Å². The molecular formula is C21H15Cl2N3.